The van der Waals surface area contributed by atoms with Crippen LogP contribution in [0.3, 0.4) is 0 Å². The molecule has 2 heterocycles. The lowest BCUT2D eigenvalue weighted by molar-refractivity contribution is 0.448. The second kappa shape index (κ2) is 5.93. The van der Waals surface area contributed by atoms with Gasteiger partial charge in [0.25, 0.3) is 0 Å². The van der Waals surface area contributed by atoms with Crippen molar-refractivity contribution in [1.82, 2.24) is 14.9 Å². The molecule has 0 bridgehead atoms. The Morgan fingerprint density at radius 2 is 2.35 bits per heavy atom. The van der Waals surface area contributed by atoms with E-state index in [4.69, 9.17) is 4.42 Å². The molecule has 0 fully saturated rings. The zero-order valence-electron chi connectivity index (χ0n) is 10.1. The van der Waals surface area contributed by atoms with E-state index in [1.807, 2.05) is 12.1 Å². The Morgan fingerprint density at radius 1 is 1.47 bits per heavy atom. The van der Waals surface area contributed by atoms with Gasteiger partial charge in [0, 0.05) is 0 Å². The van der Waals surface area contributed by atoms with Gasteiger partial charge in [0.15, 0.2) is 0 Å². The normalized spacial score (nSPS) is 12.8. The number of hydrogen-bond donors (Lipinski definition) is 1. The molecule has 1 unspecified atom stereocenters. The summed E-state index contributed by atoms with van der Waals surface area (Å²) >= 11 is 1.45. The van der Waals surface area contributed by atoms with E-state index in [0.29, 0.717) is 0 Å². The fourth-order valence-corrected chi connectivity index (χ4v) is 2.57. The van der Waals surface area contributed by atoms with E-state index in [9.17, 15) is 0 Å². The van der Waals surface area contributed by atoms with Crippen LogP contribution in [0.5, 0.6) is 0 Å². The Labute approximate surface area is 105 Å². The van der Waals surface area contributed by atoms with Crippen LogP contribution in [0.4, 0.5) is 0 Å². The lowest BCUT2D eigenvalue weighted by atomic mass is 10.1. The van der Waals surface area contributed by atoms with Crippen LogP contribution in [0, 0.1) is 0 Å². The topological polar surface area (TPSA) is 51.0 Å². The summed E-state index contributed by atoms with van der Waals surface area (Å²) in [5.41, 5.74) is 1.06. The molecule has 2 aromatic heterocycles. The molecule has 0 spiro atoms. The van der Waals surface area contributed by atoms with Crippen LogP contribution in [-0.4, -0.2) is 16.1 Å². The van der Waals surface area contributed by atoms with Crippen molar-refractivity contribution >= 4 is 11.5 Å². The average Bonchev–Trinajstić information content (AvgIpc) is 3.00. The van der Waals surface area contributed by atoms with Crippen molar-refractivity contribution in [3.05, 3.63) is 34.7 Å². The quantitative estimate of drug-likeness (QED) is 0.857. The highest BCUT2D eigenvalue weighted by Crippen LogP contribution is 2.27. The van der Waals surface area contributed by atoms with Gasteiger partial charge in [-0.05, 0) is 43.1 Å². The first kappa shape index (κ1) is 12.3. The number of nitrogens with one attached hydrogen (secondary N) is 1. The summed E-state index contributed by atoms with van der Waals surface area (Å²) in [6, 6.07) is 3.99. The van der Waals surface area contributed by atoms with Gasteiger partial charge in [0.05, 0.1) is 16.8 Å². The van der Waals surface area contributed by atoms with Gasteiger partial charge in [-0.3, -0.25) is 0 Å². The minimum Gasteiger partial charge on any atom is -0.467 e. The van der Waals surface area contributed by atoms with Crippen LogP contribution in [0.15, 0.2) is 22.8 Å². The van der Waals surface area contributed by atoms with E-state index in [-0.39, 0.29) is 6.04 Å². The van der Waals surface area contributed by atoms with E-state index in [1.54, 1.807) is 6.26 Å². The van der Waals surface area contributed by atoms with Crippen LogP contribution in [0.1, 0.15) is 42.6 Å². The van der Waals surface area contributed by atoms with Gasteiger partial charge in [-0.15, -0.1) is 5.10 Å². The number of rotatable bonds is 6. The first-order valence-electron chi connectivity index (χ1n) is 5.94. The van der Waals surface area contributed by atoms with Gasteiger partial charge < -0.3 is 9.73 Å². The van der Waals surface area contributed by atoms with Gasteiger partial charge >= 0.3 is 0 Å². The summed E-state index contributed by atoms with van der Waals surface area (Å²) in [7, 11) is 0. The highest BCUT2D eigenvalue weighted by Gasteiger charge is 2.21. The van der Waals surface area contributed by atoms with Crippen molar-refractivity contribution in [2.24, 2.45) is 0 Å². The first-order chi connectivity index (χ1) is 8.36. The molecule has 2 aromatic rings. The molecule has 2 rings (SSSR count). The molecule has 0 aromatic carbocycles. The molecule has 0 amide bonds. The van der Waals surface area contributed by atoms with Crippen LogP contribution >= 0.6 is 11.5 Å². The number of aromatic nitrogens is 2. The number of aryl methyl sites for hydroxylation is 1. The highest BCUT2D eigenvalue weighted by molar-refractivity contribution is 7.05. The van der Waals surface area contributed by atoms with Crippen molar-refractivity contribution in [2.75, 3.05) is 6.54 Å². The first-order valence-corrected chi connectivity index (χ1v) is 6.72. The fourth-order valence-electron chi connectivity index (χ4n) is 1.75. The molecule has 0 aliphatic rings. The minimum absolute atomic E-state index is 0.0832. The molecule has 0 radical (unpaired) electrons. The molecule has 92 valence electrons. The number of hydrogen-bond acceptors (Lipinski definition) is 5. The minimum atomic E-state index is 0.0832. The Balaban J connectivity index is 2.27. The zero-order valence-corrected chi connectivity index (χ0v) is 11.0. The third-order valence-corrected chi connectivity index (χ3v) is 3.44. The van der Waals surface area contributed by atoms with Gasteiger partial charge in [-0.25, -0.2) is 0 Å². The summed E-state index contributed by atoms with van der Waals surface area (Å²) < 4.78 is 9.55. The SMILES string of the molecule is CCCNC(c1ccco1)c1snnc1CC. The largest absolute Gasteiger partial charge is 0.467 e. The summed E-state index contributed by atoms with van der Waals surface area (Å²) in [6.07, 6.45) is 3.69. The molecule has 1 N–H and O–H groups in total. The molecular weight excluding hydrogens is 234 g/mol. The number of furan rings is 1. The third kappa shape index (κ3) is 2.73. The highest BCUT2D eigenvalue weighted by atomic mass is 32.1. The smallest absolute Gasteiger partial charge is 0.126 e. The van der Waals surface area contributed by atoms with E-state index < -0.39 is 0 Å². The molecule has 5 heteroatoms. The molecule has 0 saturated heterocycles. The monoisotopic (exact) mass is 251 g/mol. The molecule has 1 atom stereocenters. The van der Waals surface area contributed by atoms with E-state index in [1.165, 1.54) is 11.5 Å². The van der Waals surface area contributed by atoms with Crippen LogP contribution in [0.2, 0.25) is 0 Å². The van der Waals surface area contributed by atoms with Gasteiger partial charge in [0.2, 0.25) is 0 Å². The lowest BCUT2D eigenvalue weighted by Crippen LogP contribution is -2.22. The Hall–Kier alpha value is -1.20. The van der Waals surface area contributed by atoms with Crippen LogP contribution in [-0.2, 0) is 6.42 Å². The predicted molar refractivity (Wildman–Crippen MR) is 68.1 cm³/mol. The standard InChI is InChI=1S/C12H17N3OS/c1-3-7-13-11(10-6-5-8-16-10)12-9(4-2)14-15-17-12/h5-6,8,11,13H,3-4,7H2,1-2H3. The van der Waals surface area contributed by atoms with Gasteiger partial charge in [0.1, 0.15) is 11.8 Å². The molecule has 17 heavy (non-hydrogen) atoms. The van der Waals surface area contributed by atoms with E-state index in [2.05, 4.69) is 28.8 Å². The van der Waals surface area contributed by atoms with E-state index >= 15 is 0 Å². The van der Waals surface area contributed by atoms with Crippen molar-refractivity contribution in [3.8, 4) is 0 Å². The fraction of sp³-hybridized carbons (Fsp3) is 0.500. The Bertz CT molecular complexity index is 438. The van der Waals surface area contributed by atoms with Crippen LogP contribution < -0.4 is 5.32 Å². The van der Waals surface area contributed by atoms with Crippen molar-refractivity contribution in [1.29, 1.82) is 0 Å². The van der Waals surface area contributed by atoms with Crippen LogP contribution in [0.25, 0.3) is 0 Å². The maximum absolute atomic E-state index is 5.50. The molecule has 0 aliphatic heterocycles. The molecule has 4 nitrogen and oxygen atoms in total. The van der Waals surface area contributed by atoms with Gasteiger partial charge in [-0.2, -0.15) is 0 Å². The lowest BCUT2D eigenvalue weighted by Gasteiger charge is -2.14. The van der Waals surface area contributed by atoms with Gasteiger partial charge in [-0.1, -0.05) is 18.3 Å². The zero-order chi connectivity index (χ0) is 12.1. The third-order valence-electron chi connectivity index (χ3n) is 2.61. The summed E-state index contributed by atoms with van der Waals surface area (Å²) in [6.45, 7) is 5.20. The molecular formula is C12H17N3OS. The Kier molecular flexibility index (Phi) is 4.28. The van der Waals surface area contributed by atoms with E-state index in [0.717, 1.165) is 35.7 Å². The average molecular weight is 251 g/mol. The maximum atomic E-state index is 5.50. The Morgan fingerprint density at radius 3 is 3.00 bits per heavy atom. The second-order valence-corrected chi connectivity index (χ2v) is 4.63. The maximum Gasteiger partial charge on any atom is 0.126 e. The predicted octanol–water partition coefficient (Wildman–Crippen LogP) is 2.78. The summed E-state index contributed by atoms with van der Waals surface area (Å²) in [5.74, 6) is 0.930. The summed E-state index contributed by atoms with van der Waals surface area (Å²) in [5, 5.41) is 7.65. The van der Waals surface area contributed by atoms with Crippen molar-refractivity contribution in [2.45, 2.75) is 32.7 Å². The number of nitrogens with zero attached hydrogens (tertiary/aromatic N) is 2. The molecule has 0 aliphatic carbocycles. The molecule has 0 saturated carbocycles. The van der Waals surface area contributed by atoms with Crippen molar-refractivity contribution in [3.63, 3.8) is 0 Å². The van der Waals surface area contributed by atoms with Crippen molar-refractivity contribution < 1.29 is 4.42 Å². The summed E-state index contributed by atoms with van der Waals surface area (Å²) in [4.78, 5) is 1.16. The second-order valence-electron chi connectivity index (χ2n) is 3.84.